The van der Waals surface area contributed by atoms with E-state index < -0.39 is 5.79 Å². The number of nitrogens with one attached hydrogen (secondary N) is 1. The van der Waals surface area contributed by atoms with Crippen molar-refractivity contribution in [2.45, 2.75) is 57.0 Å². The Morgan fingerprint density at radius 3 is 2.70 bits per heavy atom. The Bertz CT molecular complexity index is 2080. The lowest BCUT2D eigenvalue weighted by Crippen LogP contribution is -2.36. The summed E-state index contributed by atoms with van der Waals surface area (Å²) >= 11 is 5.08. The van der Waals surface area contributed by atoms with E-state index in [1.165, 1.54) is 0 Å². The number of aromatic nitrogens is 5. The third-order valence-corrected chi connectivity index (χ3v) is 10.4. The lowest BCUT2D eigenvalue weighted by molar-refractivity contribution is -0.0716. The van der Waals surface area contributed by atoms with Crippen molar-refractivity contribution in [3.8, 4) is 29.0 Å². The normalized spacial score (nSPS) is 24.2. The standard InChI is InChI=1S/C34H31N7O4S/c1-33(28-8-5-20(17-35)18-36-28)43-27-4-2-3-25(29(27)44-33)40-12-10-34(11-13-40)16-23(34)31-37-24-7-6-21(30-38-32(46)45-39-30)15-26(24)41(31)19-22-9-14-42-22/h2-8,15,18,22-23H,9-14,16,19H2,1H3,(H,38,39,46)/t22-,23+,33+/m1/s1. The average molecular weight is 634 g/mol. The zero-order chi connectivity index (χ0) is 31.0. The lowest BCUT2D eigenvalue weighted by Gasteiger charge is -2.35. The van der Waals surface area contributed by atoms with Crippen molar-refractivity contribution >= 4 is 28.9 Å². The fraction of sp³-hybridized carbons (Fsp3) is 0.382. The van der Waals surface area contributed by atoms with Crippen molar-refractivity contribution in [2.24, 2.45) is 5.41 Å². The van der Waals surface area contributed by atoms with Gasteiger partial charge in [0.25, 0.3) is 5.79 Å². The lowest BCUT2D eigenvalue weighted by atomic mass is 9.90. The molecule has 4 aliphatic rings. The van der Waals surface area contributed by atoms with Crippen molar-refractivity contribution in [1.82, 2.24) is 24.7 Å². The van der Waals surface area contributed by atoms with E-state index in [1.807, 2.05) is 25.1 Å². The number of H-pyrrole nitrogens is 1. The Morgan fingerprint density at radius 2 is 1.98 bits per heavy atom. The molecule has 9 rings (SSSR count). The average Bonchev–Trinajstić information content (AvgIpc) is 3.34. The smallest absolute Gasteiger partial charge is 0.314 e. The number of nitriles is 1. The highest BCUT2D eigenvalue weighted by Crippen LogP contribution is 2.65. The number of aromatic amines is 1. The van der Waals surface area contributed by atoms with Gasteiger partial charge in [-0.3, -0.25) is 4.98 Å². The van der Waals surface area contributed by atoms with Crippen LogP contribution in [-0.4, -0.2) is 50.5 Å². The number of hydrogen-bond acceptors (Lipinski definition) is 10. The van der Waals surface area contributed by atoms with Gasteiger partial charge in [-0.05, 0) is 85.8 Å². The fourth-order valence-corrected chi connectivity index (χ4v) is 7.52. The van der Waals surface area contributed by atoms with Crippen LogP contribution in [0.1, 0.15) is 55.6 Å². The van der Waals surface area contributed by atoms with E-state index in [2.05, 4.69) is 48.9 Å². The number of ether oxygens (including phenoxy) is 3. The number of fused-ring (bicyclic) bond motifs is 2. The molecule has 0 radical (unpaired) electrons. The van der Waals surface area contributed by atoms with Gasteiger partial charge in [-0.2, -0.15) is 10.2 Å². The molecule has 0 amide bonds. The molecule has 1 aliphatic carbocycles. The third-order valence-electron chi connectivity index (χ3n) is 10.2. The number of nitrogens with zero attached hydrogens (tertiary/aromatic N) is 6. The van der Waals surface area contributed by atoms with E-state index in [9.17, 15) is 5.26 Å². The quantitative estimate of drug-likeness (QED) is 0.215. The van der Waals surface area contributed by atoms with Crippen molar-refractivity contribution in [1.29, 1.82) is 5.26 Å². The maximum Gasteiger partial charge on any atom is 0.314 e. The predicted molar refractivity (Wildman–Crippen MR) is 170 cm³/mol. The van der Waals surface area contributed by atoms with E-state index in [1.54, 1.807) is 18.3 Å². The molecule has 0 bridgehead atoms. The van der Waals surface area contributed by atoms with Crippen LogP contribution in [0.15, 0.2) is 59.3 Å². The van der Waals surface area contributed by atoms with Crippen LogP contribution in [0.4, 0.5) is 5.69 Å². The first-order valence-electron chi connectivity index (χ1n) is 15.7. The molecule has 46 heavy (non-hydrogen) atoms. The molecule has 1 N–H and O–H groups in total. The van der Waals surface area contributed by atoms with E-state index in [-0.39, 0.29) is 16.4 Å². The van der Waals surface area contributed by atoms with Crippen LogP contribution >= 0.6 is 12.2 Å². The molecule has 3 aromatic heterocycles. The second kappa shape index (κ2) is 10.1. The number of benzene rings is 2. The first-order valence-corrected chi connectivity index (χ1v) is 16.1. The van der Waals surface area contributed by atoms with Crippen LogP contribution in [0.3, 0.4) is 0 Å². The SMILES string of the molecule is C[C@]1(c2ccc(C#N)cn2)Oc2cccc(N3CCC4(CC3)C[C@H]4c3nc4ccc(-c5nc(=S)o[nH]5)cc4n3C[C@H]3CCO3)c2O1. The molecule has 0 unspecified atom stereocenters. The van der Waals surface area contributed by atoms with Crippen molar-refractivity contribution < 1.29 is 18.7 Å². The molecule has 11 nitrogen and oxygen atoms in total. The maximum atomic E-state index is 9.17. The monoisotopic (exact) mass is 633 g/mol. The van der Waals surface area contributed by atoms with Crippen molar-refractivity contribution in [3.63, 3.8) is 0 Å². The molecule has 6 heterocycles. The van der Waals surface area contributed by atoms with Gasteiger partial charge in [0, 0.05) is 44.3 Å². The molecular weight excluding hydrogens is 602 g/mol. The maximum absolute atomic E-state index is 9.17. The van der Waals surface area contributed by atoms with Crippen molar-refractivity contribution in [3.05, 3.63) is 76.6 Å². The number of pyridine rings is 1. The van der Waals surface area contributed by atoms with E-state index in [0.717, 1.165) is 85.8 Å². The Labute approximate surface area is 269 Å². The fourth-order valence-electron chi connectivity index (χ4n) is 7.38. The predicted octanol–water partition coefficient (Wildman–Crippen LogP) is 6.22. The van der Waals surface area contributed by atoms with E-state index >= 15 is 0 Å². The minimum absolute atomic E-state index is 0.190. The highest BCUT2D eigenvalue weighted by molar-refractivity contribution is 7.71. The van der Waals surface area contributed by atoms with Crippen LogP contribution in [0.5, 0.6) is 11.5 Å². The first-order chi connectivity index (χ1) is 22.4. The molecule has 1 saturated carbocycles. The summed E-state index contributed by atoms with van der Waals surface area (Å²) in [6.07, 6.45) is 6.09. The molecule has 3 atom stereocenters. The van der Waals surface area contributed by atoms with Crippen LogP contribution in [-0.2, 0) is 17.1 Å². The van der Waals surface area contributed by atoms with Crippen LogP contribution in [0, 0.1) is 21.6 Å². The van der Waals surface area contributed by atoms with E-state index in [4.69, 9.17) is 35.9 Å². The second-order valence-electron chi connectivity index (χ2n) is 12.9. The molecule has 3 fully saturated rings. The highest BCUT2D eigenvalue weighted by atomic mass is 32.1. The summed E-state index contributed by atoms with van der Waals surface area (Å²) in [4.78, 5) is 16.6. The molecule has 2 aromatic carbocycles. The molecule has 5 aromatic rings. The zero-order valence-corrected chi connectivity index (χ0v) is 26.0. The van der Waals surface area contributed by atoms with Crippen LogP contribution in [0.25, 0.3) is 22.4 Å². The molecule has 232 valence electrons. The Morgan fingerprint density at radius 1 is 1.11 bits per heavy atom. The van der Waals surface area contributed by atoms with Crippen LogP contribution < -0.4 is 14.4 Å². The van der Waals surface area contributed by atoms with Gasteiger partial charge in [-0.1, -0.05) is 6.07 Å². The number of piperidine rings is 1. The van der Waals surface area contributed by atoms with Crippen LogP contribution in [0.2, 0.25) is 0 Å². The summed E-state index contributed by atoms with van der Waals surface area (Å²) < 4.78 is 26.2. The molecule has 2 saturated heterocycles. The molecule has 12 heteroatoms. The summed E-state index contributed by atoms with van der Waals surface area (Å²) in [6.45, 7) is 5.32. The second-order valence-corrected chi connectivity index (χ2v) is 13.2. The van der Waals surface area contributed by atoms with Gasteiger partial charge in [0.1, 0.15) is 17.6 Å². The van der Waals surface area contributed by atoms with Gasteiger partial charge in [-0.25, -0.2) is 10.1 Å². The number of para-hydroxylation sites is 1. The summed E-state index contributed by atoms with van der Waals surface area (Å²) in [6, 6.07) is 17.9. The summed E-state index contributed by atoms with van der Waals surface area (Å²) in [5, 5.41) is 12.0. The number of rotatable bonds is 6. The van der Waals surface area contributed by atoms with E-state index in [0.29, 0.717) is 28.7 Å². The Kier molecular flexibility index (Phi) is 6.08. The summed E-state index contributed by atoms with van der Waals surface area (Å²) in [7, 11) is 0. The molecule has 1 spiro atoms. The summed E-state index contributed by atoms with van der Waals surface area (Å²) in [5.74, 6) is 2.56. The van der Waals surface area contributed by atoms with Gasteiger partial charge in [0.2, 0.25) is 0 Å². The first kappa shape index (κ1) is 27.6. The van der Waals surface area contributed by atoms with Gasteiger partial charge in [-0.15, -0.1) is 0 Å². The zero-order valence-electron chi connectivity index (χ0n) is 25.2. The Balaban J connectivity index is 0.959. The summed E-state index contributed by atoms with van der Waals surface area (Å²) in [5.41, 5.74) is 5.37. The topological polar surface area (TPSA) is 127 Å². The minimum atomic E-state index is -1.06. The van der Waals surface area contributed by atoms with Crippen molar-refractivity contribution in [2.75, 3.05) is 24.6 Å². The largest absolute Gasteiger partial charge is 0.443 e. The molecular formula is C34H31N7O4S. The third kappa shape index (κ3) is 4.40. The highest BCUT2D eigenvalue weighted by Gasteiger charge is 2.58. The van der Waals surface area contributed by atoms with Gasteiger partial charge < -0.3 is 28.2 Å². The Hall–Kier alpha value is -4.73. The number of imidazole rings is 1. The number of hydrogen-bond donors (Lipinski definition) is 1. The van der Waals surface area contributed by atoms with Gasteiger partial charge >= 0.3 is 4.84 Å². The van der Waals surface area contributed by atoms with Gasteiger partial charge in [0.05, 0.1) is 34.9 Å². The molecule has 3 aliphatic heterocycles. The number of anilines is 1. The minimum Gasteiger partial charge on any atom is -0.443 e. The van der Waals surface area contributed by atoms with Gasteiger partial charge in [0.15, 0.2) is 17.3 Å².